The smallest absolute Gasteiger partial charge is 0.410 e. The highest BCUT2D eigenvalue weighted by Crippen LogP contribution is 2.69. The first kappa shape index (κ1) is 38.2. The van der Waals surface area contributed by atoms with Crippen molar-refractivity contribution in [2.45, 2.75) is 168 Å². The van der Waals surface area contributed by atoms with Crippen LogP contribution in [0.25, 0.3) is 0 Å². The summed E-state index contributed by atoms with van der Waals surface area (Å²) in [5, 5.41) is 0. The summed E-state index contributed by atoms with van der Waals surface area (Å²) in [4.78, 5) is 16.0. The molecule has 5 nitrogen and oxygen atoms in total. The summed E-state index contributed by atoms with van der Waals surface area (Å²) in [5.74, 6) is 5.96. The number of carbonyl (C=O) groups excluding carboxylic acids is 1. The van der Waals surface area contributed by atoms with Crippen LogP contribution in [-0.2, 0) is 4.74 Å². The van der Waals surface area contributed by atoms with Crippen LogP contribution < -0.4 is 11.5 Å². The number of halogens is 2. The summed E-state index contributed by atoms with van der Waals surface area (Å²) in [6, 6.07) is 0. The van der Waals surface area contributed by atoms with Gasteiger partial charge >= 0.3 is 6.09 Å². The second-order valence-electron chi connectivity index (χ2n) is 20.8. The van der Waals surface area contributed by atoms with Gasteiger partial charge in [0, 0.05) is 30.6 Å². The molecule has 49 heavy (non-hydrogen) atoms. The number of carbonyl (C=O) groups is 1. The SMILES string of the molecule is CC[C@H](CC[C@@H](C)[C@H]1CC[C@H]2[C@@H]3CC=C4C[C@@H](OC(=O)N(CC56CC(N)(C5)C6)CC56CC(N)(C5)C6)CC[C@]4(C)[C@H]3CC[C@]12C)C(C)C.Cl.Cl. The van der Waals surface area contributed by atoms with E-state index in [0.29, 0.717) is 5.41 Å². The van der Waals surface area contributed by atoms with Crippen LogP contribution in [0.1, 0.15) is 151 Å². The molecule has 0 spiro atoms. The Morgan fingerprint density at radius 1 is 0.878 bits per heavy atom. The van der Waals surface area contributed by atoms with E-state index in [1.54, 1.807) is 5.57 Å². The van der Waals surface area contributed by atoms with E-state index < -0.39 is 0 Å². The van der Waals surface area contributed by atoms with E-state index in [-0.39, 0.29) is 64.3 Å². The standard InChI is InChI=1S/C42H69N3O2.2ClH/c1-7-29(27(2)3)9-8-28(4)33-12-13-34-32-11-10-30-18-31(14-16-37(30,5)35(32)15-17-38(33,34)6)47-36(46)45(25-39-19-41(43,20-39)21-39)26-40-22-42(44,23-40)24-40;;/h10,27-29,31-35H,7-9,11-26,43-44H2,1-6H3;2*1H/t28-,29-,31+,32+,33-,34+,35+,37+,38-,39?,40?,41?,42?;;/m1../s1. The molecule has 0 unspecified atom stereocenters. The molecule has 1 amide bonds. The first-order valence-corrected chi connectivity index (χ1v) is 20.3. The molecule has 9 atom stereocenters. The van der Waals surface area contributed by atoms with E-state index in [2.05, 4.69) is 52.5 Å². The van der Waals surface area contributed by atoms with Crippen molar-refractivity contribution in [1.29, 1.82) is 0 Å². The highest BCUT2D eigenvalue weighted by atomic mass is 35.5. The first-order valence-electron chi connectivity index (χ1n) is 20.3. The van der Waals surface area contributed by atoms with Gasteiger partial charge in [-0.3, -0.25) is 0 Å². The zero-order valence-corrected chi connectivity index (χ0v) is 33.5. The van der Waals surface area contributed by atoms with Gasteiger partial charge in [-0.15, -0.1) is 24.8 Å². The van der Waals surface area contributed by atoms with Crippen LogP contribution in [0.15, 0.2) is 11.6 Å². The molecule has 280 valence electrons. The lowest BCUT2D eigenvalue weighted by Gasteiger charge is -2.72. The average molecular weight is 721 g/mol. The van der Waals surface area contributed by atoms with Crippen molar-refractivity contribution in [1.82, 2.24) is 4.90 Å². The number of allylic oxidation sites excluding steroid dienone is 1. The van der Waals surface area contributed by atoms with Crippen LogP contribution in [0, 0.1) is 63.1 Å². The van der Waals surface area contributed by atoms with Gasteiger partial charge in [-0.05, 0) is 153 Å². The minimum absolute atomic E-state index is 0. The summed E-state index contributed by atoms with van der Waals surface area (Å²) in [6.45, 7) is 16.8. The molecule has 4 bridgehead atoms. The number of nitrogens with two attached hydrogens (primary N) is 2. The fourth-order valence-electron chi connectivity index (χ4n) is 15.1. The quantitative estimate of drug-likeness (QED) is 0.208. The van der Waals surface area contributed by atoms with Crippen LogP contribution in [-0.4, -0.2) is 41.3 Å². The Hall–Kier alpha value is -0.490. The molecule has 0 aromatic rings. The number of fused-ring (bicyclic) bond motifs is 5. The Kier molecular flexibility index (Phi) is 10.0. The van der Waals surface area contributed by atoms with Crippen LogP contribution >= 0.6 is 24.8 Å². The Labute approximate surface area is 311 Å². The van der Waals surface area contributed by atoms with Crippen molar-refractivity contribution in [3.8, 4) is 0 Å². The van der Waals surface area contributed by atoms with Gasteiger partial charge in [-0.1, -0.05) is 66.0 Å². The van der Waals surface area contributed by atoms with Gasteiger partial charge in [0.2, 0.25) is 0 Å². The number of rotatable bonds is 11. The highest BCUT2D eigenvalue weighted by Gasteiger charge is 2.69. The maximum atomic E-state index is 13.9. The van der Waals surface area contributed by atoms with Gasteiger partial charge < -0.3 is 21.1 Å². The monoisotopic (exact) mass is 719 g/mol. The van der Waals surface area contributed by atoms with Gasteiger partial charge in [0.15, 0.2) is 0 Å². The lowest BCUT2D eigenvalue weighted by atomic mass is 9.38. The number of ether oxygens (including phenoxy) is 1. The number of hydrogen-bond donors (Lipinski definition) is 2. The molecule has 0 heterocycles. The van der Waals surface area contributed by atoms with Crippen LogP contribution in [0.3, 0.4) is 0 Å². The minimum Gasteiger partial charge on any atom is -0.446 e. The Morgan fingerprint density at radius 3 is 2.04 bits per heavy atom. The maximum Gasteiger partial charge on any atom is 0.410 e. The highest BCUT2D eigenvalue weighted by molar-refractivity contribution is 5.85. The molecular weight excluding hydrogens is 649 g/mol. The Balaban J connectivity index is 0.00000208. The summed E-state index contributed by atoms with van der Waals surface area (Å²) in [7, 11) is 0. The summed E-state index contributed by atoms with van der Waals surface area (Å²) in [6.07, 6.45) is 23.3. The van der Waals surface area contributed by atoms with Crippen molar-refractivity contribution >= 4 is 30.9 Å². The van der Waals surface area contributed by atoms with E-state index in [4.69, 9.17) is 16.2 Å². The second-order valence-corrected chi connectivity index (χ2v) is 20.8. The predicted octanol–water partition coefficient (Wildman–Crippen LogP) is 10.1. The average Bonchev–Trinajstić information content (AvgIpc) is 3.31. The van der Waals surface area contributed by atoms with Gasteiger partial charge in [-0.2, -0.15) is 0 Å². The van der Waals surface area contributed by atoms with Crippen molar-refractivity contribution in [2.24, 2.45) is 74.6 Å². The first-order chi connectivity index (χ1) is 22.1. The van der Waals surface area contributed by atoms with Crippen molar-refractivity contribution < 1.29 is 9.53 Å². The van der Waals surface area contributed by atoms with Gasteiger partial charge in [0.05, 0.1) is 0 Å². The minimum atomic E-state index is -0.0577. The van der Waals surface area contributed by atoms with E-state index in [1.807, 2.05) is 0 Å². The molecule has 4 N–H and O–H groups in total. The lowest BCUT2D eigenvalue weighted by Crippen LogP contribution is -2.77. The maximum absolute atomic E-state index is 13.9. The van der Waals surface area contributed by atoms with E-state index >= 15 is 0 Å². The van der Waals surface area contributed by atoms with Crippen LogP contribution in [0.4, 0.5) is 4.79 Å². The number of nitrogens with zero attached hydrogens (tertiary/aromatic N) is 1. The van der Waals surface area contributed by atoms with Gasteiger partial charge in [0.1, 0.15) is 6.10 Å². The van der Waals surface area contributed by atoms with E-state index in [1.165, 1.54) is 57.8 Å². The summed E-state index contributed by atoms with van der Waals surface area (Å²) < 4.78 is 6.47. The summed E-state index contributed by atoms with van der Waals surface area (Å²) in [5.41, 5.74) is 15.9. The van der Waals surface area contributed by atoms with Crippen LogP contribution in [0.5, 0.6) is 0 Å². The second kappa shape index (κ2) is 12.8. The van der Waals surface area contributed by atoms with Crippen LogP contribution in [0.2, 0.25) is 0 Å². The zero-order valence-electron chi connectivity index (χ0n) is 31.9. The predicted molar refractivity (Wildman–Crippen MR) is 205 cm³/mol. The largest absolute Gasteiger partial charge is 0.446 e. The molecule has 0 saturated heterocycles. The third-order valence-electron chi connectivity index (χ3n) is 17.2. The van der Waals surface area contributed by atoms with E-state index in [9.17, 15) is 4.79 Å². The van der Waals surface area contributed by atoms with Gasteiger partial charge in [0.25, 0.3) is 0 Å². The molecule has 10 aliphatic carbocycles. The molecule has 10 aliphatic rings. The lowest BCUT2D eigenvalue weighted by molar-refractivity contribution is -0.173. The third kappa shape index (κ3) is 6.15. The normalized spacial score (nSPS) is 47.9. The number of hydrogen-bond acceptors (Lipinski definition) is 4. The van der Waals surface area contributed by atoms with Crippen molar-refractivity contribution in [3.05, 3.63) is 11.6 Å². The molecule has 0 radical (unpaired) electrons. The Morgan fingerprint density at radius 2 is 1.49 bits per heavy atom. The van der Waals surface area contributed by atoms with Gasteiger partial charge in [-0.25, -0.2) is 4.79 Å². The number of amides is 1. The molecule has 9 fully saturated rings. The van der Waals surface area contributed by atoms with Crippen molar-refractivity contribution in [2.75, 3.05) is 13.1 Å². The topological polar surface area (TPSA) is 81.6 Å². The molecule has 10 rings (SSSR count). The summed E-state index contributed by atoms with van der Waals surface area (Å²) >= 11 is 0. The molecule has 0 aromatic heterocycles. The molecule has 0 aromatic carbocycles. The zero-order chi connectivity index (χ0) is 33.2. The fourth-order valence-corrected chi connectivity index (χ4v) is 15.1. The van der Waals surface area contributed by atoms with E-state index in [0.717, 1.165) is 106 Å². The molecule has 7 heteroatoms. The molecular formula is C42H71Cl2N3O2. The third-order valence-corrected chi connectivity index (χ3v) is 17.2. The molecule has 9 saturated carbocycles. The molecule has 0 aliphatic heterocycles. The Bertz CT molecular complexity index is 1230. The van der Waals surface area contributed by atoms with Crippen molar-refractivity contribution in [3.63, 3.8) is 0 Å². The fraction of sp³-hybridized carbons (Fsp3) is 0.929.